The molecule has 26 heavy (non-hydrogen) atoms. The van der Waals surface area contributed by atoms with Gasteiger partial charge in [-0.3, -0.25) is 4.79 Å². The summed E-state index contributed by atoms with van der Waals surface area (Å²) in [7, 11) is 0. The molecule has 0 bridgehead atoms. The van der Waals surface area contributed by atoms with Gasteiger partial charge in [0.2, 0.25) is 5.91 Å². The van der Waals surface area contributed by atoms with E-state index >= 15 is 0 Å². The van der Waals surface area contributed by atoms with Gasteiger partial charge in [0.05, 0.1) is 0 Å². The van der Waals surface area contributed by atoms with Gasteiger partial charge in [-0.15, -0.1) is 10.2 Å². The second-order valence-electron chi connectivity index (χ2n) is 5.96. The zero-order valence-electron chi connectivity index (χ0n) is 14.8. The molecule has 6 heteroatoms. The standard InChI is InChI=1S/C20H22N4OS/c1-2-24-19(13-12-18(21)25)22-23-20(24)26-14-15-8-10-17(11-9-15)16-6-4-3-5-7-16/h3-11H,2,12-14H2,1H3,(H2,21,25). The number of benzene rings is 2. The Morgan fingerprint density at radius 1 is 1.04 bits per heavy atom. The number of aromatic nitrogens is 3. The van der Waals surface area contributed by atoms with Gasteiger partial charge in [-0.2, -0.15) is 0 Å². The molecule has 5 nitrogen and oxygen atoms in total. The number of nitrogens with two attached hydrogens (primary N) is 1. The Morgan fingerprint density at radius 2 is 1.73 bits per heavy atom. The summed E-state index contributed by atoms with van der Waals surface area (Å²) in [5.41, 5.74) is 8.89. The predicted molar refractivity (Wildman–Crippen MR) is 105 cm³/mol. The molecule has 0 radical (unpaired) electrons. The lowest BCUT2D eigenvalue weighted by Gasteiger charge is -2.07. The van der Waals surface area contributed by atoms with Crippen LogP contribution in [0.4, 0.5) is 0 Å². The summed E-state index contributed by atoms with van der Waals surface area (Å²) in [6.07, 6.45) is 0.826. The number of carbonyl (C=O) groups excluding carboxylic acids is 1. The fourth-order valence-corrected chi connectivity index (χ4v) is 3.71. The van der Waals surface area contributed by atoms with Crippen LogP contribution in [0.3, 0.4) is 0 Å². The fourth-order valence-electron chi connectivity index (χ4n) is 2.74. The van der Waals surface area contributed by atoms with Crippen LogP contribution in [-0.2, 0) is 23.5 Å². The zero-order valence-corrected chi connectivity index (χ0v) is 15.6. The van der Waals surface area contributed by atoms with Crippen molar-refractivity contribution in [3.63, 3.8) is 0 Å². The Kier molecular flexibility index (Phi) is 6.07. The van der Waals surface area contributed by atoms with Gasteiger partial charge in [-0.05, 0) is 23.6 Å². The number of nitrogens with zero attached hydrogens (tertiary/aromatic N) is 3. The van der Waals surface area contributed by atoms with Gasteiger partial charge < -0.3 is 10.3 Å². The number of primary amides is 1. The molecular weight excluding hydrogens is 344 g/mol. The summed E-state index contributed by atoms with van der Waals surface area (Å²) in [5, 5.41) is 9.35. The summed E-state index contributed by atoms with van der Waals surface area (Å²) >= 11 is 1.65. The number of thioether (sulfide) groups is 1. The highest BCUT2D eigenvalue weighted by Gasteiger charge is 2.12. The molecule has 0 aliphatic rings. The van der Waals surface area contributed by atoms with E-state index < -0.39 is 0 Å². The summed E-state index contributed by atoms with van der Waals surface area (Å²) < 4.78 is 2.05. The number of hydrogen-bond donors (Lipinski definition) is 1. The zero-order chi connectivity index (χ0) is 18.4. The molecule has 3 rings (SSSR count). The third kappa shape index (κ3) is 4.52. The number of amides is 1. The highest BCUT2D eigenvalue weighted by Crippen LogP contribution is 2.25. The number of carbonyl (C=O) groups is 1. The molecule has 0 aliphatic heterocycles. The summed E-state index contributed by atoms with van der Waals surface area (Å²) in [6.45, 7) is 2.83. The van der Waals surface area contributed by atoms with Gasteiger partial charge in [0, 0.05) is 25.1 Å². The largest absolute Gasteiger partial charge is 0.370 e. The van der Waals surface area contributed by atoms with E-state index in [4.69, 9.17) is 5.73 Å². The first-order valence-corrected chi connectivity index (χ1v) is 9.63. The first-order valence-electron chi connectivity index (χ1n) is 8.65. The van der Waals surface area contributed by atoms with Gasteiger partial charge in [0.1, 0.15) is 5.82 Å². The molecule has 0 saturated heterocycles. The number of hydrogen-bond acceptors (Lipinski definition) is 4. The molecule has 1 aromatic heterocycles. The molecule has 0 spiro atoms. The molecule has 3 aromatic rings. The van der Waals surface area contributed by atoms with Gasteiger partial charge >= 0.3 is 0 Å². The maximum absolute atomic E-state index is 11.0. The molecule has 1 heterocycles. The van der Waals surface area contributed by atoms with E-state index in [0.29, 0.717) is 12.8 Å². The van der Waals surface area contributed by atoms with Crippen LogP contribution < -0.4 is 5.73 Å². The van der Waals surface area contributed by atoms with E-state index in [1.165, 1.54) is 16.7 Å². The highest BCUT2D eigenvalue weighted by atomic mass is 32.2. The van der Waals surface area contributed by atoms with E-state index in [1.54, 1.807) is 11.8 Å². The van der Waals surface area contributed by atoms with Crippen LogP contribution >= 0.6 is 11.8 Å². The van der Waals surface area contributed by atoms with Crippen LogP contribution in [0.15, 0.2) is 59.8 Å². The minimum absolute atomic E-state index is 0.295. The quantitative estimate of drug-likeness (QED) is 0.617. The highest BCUT2D eigenvalue weighted by molar-refractivity contribution is 7.98. The van der Waals surface area contributed by atoms with Crippen molar-refractivity contribution < 1.29 is 4.79 Å². The van der Waals surface area contributed by atoms with Crippen LogP contribution in [0.25, 0.3) is 11.1 Å². The van der Waals surface area contributed by atoms with Gasteiger partial charge in [0.15, 0.2) is 5.16 Å². The van der Waals surface area contributed by atoms with Crippen molar-refractivity contribution in [2.75, 3.05) is 0 Å². The molecular formula is C20H22N4OS. The average molecular weight is 366 g/mol. The van der Waals surface area contributed by atoms with Gasteiger partial charge in [0.25, 0.3) is 0 Å². The van der Waals surface area contributed by atoms with E-state index in [-0.39, 0.29) is 5.91 Å². The van der Waals surface area contributed by atoms with E-state index in [2.05, 4.69) is 53.5 Å². The van der Waals surface area contributed by atoms with E-state index in [1.807, 2.05) is 22.8 Å². The normalized spacial score (nSPS) is 10.8. The van der Waals surface area contributed by atoms with E-state index in [0.717, 1.165) is 23.3 Å². The van der Waals surface area contributed by atoms with Crippen molar-refractivity contribution in [2.24, 2.45) is 5.73 Å². The van der Waals surface area contributed by atoms with Crippen LogP contribution in [0, 0.1) is 0 Å². The molecule has 134 valence electrons. The van der Waals surface area contributed by atoms with Crippen LogP contribution in [0.1, 0.15) is 24.7 Å². The Hall–Kier alpha value is -2.60. The average Bonchev–Trinajstić information content (AvgIpc) is 3.07. The van der Waals surface area contributed by atoms with Crippen molar-refractivity contribution in [1.29, 1.82) is 0 Å². The Bertz CT molecular complexity index is 859. The smallest absolute Gasteiger partial charge is 0.217 e. The third-order valence-electron chi connectivity index (χ3n) is 4.13. The monoisotopic (exact) mass is 366 g/mol. The topological polar surface area (TPSA) is 73.8 Å². The Labute approximate surface area is 157 Å². The SMILES string of the molecule is CCn1c(CCC(N)=O)nnc1SCc1ccc(-c2ccccc2)cc1. The number of aryl methyl sites for hydroxylation is 1. The minimum Gasteiger partial charge on any atom is -0.370 e. The minimum atomic E-state index is -0.316. The molecule has 0 fully saturated rings. The second kappa shape index (κ2) is 8.67. The van der Waals surface area contributed by atoms with Gasteiger partial charge in [-0.25, -0.2) is 0 Å². The lowest BCUT2D eigenvalue weighted by atomic mass is 10.0. The van der Waals surface area contributed by atoms with Gasteiger partial charge in [-0.1, -0.05) is 66.4 Å². The lowest BCUT2D eigenvalue weighted by Crippen LogP contribution is -2.13. The predicted octanol–water partition coefficient (Wildman–Crippen LogP) is 3.68. The van der Waals surface area contributed by atoms with Crippen molar-refractivity contribution in [3.8, 4) is 11.1 Å². The molecule has 2 aromatic carbocycles. The molecule has 1 amide bonds. The Morgan fingerprint density at radius 3 is 2.38 bits per heavy atom. The summed E-state index contributed by atoms with van der Waals surface area (Å²) in [4.78, 5) is 11.0. The van der Waals surface area contributed by atoms with Crippen molar-refractivity contribution in [3.05, 3.63) is 66.0 Å². The Balaban J connectivity index is 1.64. The second-order valence-corrected chi connectivity index (χ2v) is 6.90. The van der Waals surface area contributed by atoms with Crippen molar-refractivity contribution in [1.82, 2.24) is 14.8 Å². The maximum atomic E-state index is 11.0. The molecule has 0 aliphatic carbocycles. The first-order chi connectivity index (χ1) is 12.7. The fraction of sp³-hybridized carbons (Fsp3) is 0.250. The molecule has 0 saturated carbocycles. The lowest BCUT2D eigenvalue weighted by molar-refractivity contribution is -0.118. The van der Waals surface area contributed by atoms with Crippen molar-refractivity contribution >= 4 is 17.7 Å². The van der Waals surface area contributed by atoms with Crippen LogP contribution in [0.5, 0.6) is 0 Å². The number of rotatable bonds is 8. The van der Waals surface area contributed by atoms with Crippen LogP contribution in [0.2, 0.25) is 0 Å². The molecule has 2 N–H and O–H groups in total. The summed E-state index contributed by atoms with van der Waals surface area (Å²) in [5.74, 6) is 1.32. The molecule has 0 unspecified atom stereocenters. The first kappa shape index (κ1) is 18.2. The maximum Gasteiger partial charge on any atom is 0.217 e. The molecule has 0 atom stereocenters. The van der Waals surface area contributed by atoms with Crippen molar-refractivity contribution in [2.45, 2.75) is 37.2 Å². The van der Waals surface area contributed by atoms with E-state index in [9.17, 15) is 4.79 Å². The third-order valence-corrected chi connectivity index (χ3v) is 5.17. The summed E-state index contributed by atoms with van der Waals surface area (Å²) in [6, 6.07) is 18.9. The van der Waals surface area contributed by atoms with Crippen LogP contribution in [-0.4, -0.2) is 20.7 Å².